The normalized spacial score (nSPS) is 16.4. The second kappa shape index (κ2) is 7.99. The average molecular weight is 377 g/mol. The Balaban J connectivity index is 1.30. The van der Waals surface area contributed by atoms with Gasteiger partial charge in [0.05, 0.1) is 5.92 Å². The van der Waals surface area contributed by atoms with Crippen LogP contribution in [0.25, 0.3) is 11.4 Å². The molecule has 2 amide bonds. The van der Waals surface area contributed by atoms with E-state index >= 15 is 0 Å². The third-order valence-corrected chi connectivity index (χ3v) is 4.72. The van der Waals surface area contributed by atoms with Gasteiger partial charge < -0.3 is 14.7 Å². The van der Waals surface area contributed by atoms with Crippen LogP contribution in [0.3, 0.4) is 0 Å². The lowest BCUT2D eigenvalue weighted by molar-refractivity contribution is -0.129. The monoisotopic (exact) mass is 377 g/mol. The number of hydrogen-bond acceptors (Lipinski definition) is 6. The summed E-state index contributed by atoms with van der Waals surface area (Å²) in [5, 5.41) is 6.71. The fourth-order valence-electron chi connectivity index (χ4n) is 3.22. The van der Waals surface area contributed by atoms with Crippen molar-refractivity contribution in [2.75, 3.05) is 6.54 Å². The number of carbonyl (C=O) groups excluding carboxylic acids is 2. The van der Waals surface area contributed by atoms with E-state index < -0.39 is 0 Å². The molecule has 1 atom stereocenters. The molecule has 28 heavy (non-hydrogen) atoms. The first-order valence-corrected chi connectivity index (χ1v) is 8.99. The Morgan fingerprint density at radius 2 is 2.07 bits per heavy atom. The number of hydrogen-bond donors (Lipinski definition) is 1. The van der Waals surface area contributed by atoms with Crippen molar-refractivity contribution < 1.29 is 14.1 Å². The van der Waals surface area contributed by atoms with Crippen molar-refractivity contribution >= 4 is 11.8 Å². The molecular weight excluding hydrogens is 358 g/mol. The summed E-state index contributed by atoms with van der Waals surface area (Å²) in [5.41, 5.74) is 2.76. The zero-order chi connectivity index (χ0) is 19.3. The van der Waals surface area contributed by atoms with Gasteiger partial charge in [0.2, 0.25) is 24.0 Å². The van der Waals surface area contributed by atoms with Crippen LogP contribution in [0, 0.1) is 5.92 Å². The minimum absolute atomic E-state index is 0.00605. The number of benzene rings is 1. The van der Waals surface area contributed by atoms with Crippen molar-refractivity contribution in [1.29, 1.82) is 0 Å². The number of rotatable bonds is 6. The predicted octanol–water partition coefficient (Wildman–Crippen LogP) is 1.80. The van der Waals surface area contributed by atoms with Gasteiger partial charge in [0.1, 0.15) is 0 Å². The summed E-state index contributed by atoms with van der Waals surface area (Å²) in [7, 11) is 0. The molecule has 0 bridgehead atoms. The predicted molar refractivity (Wildman–Crippen MR) is 99.3 cm³/mol. The molecule has 8 heteroatoms. The second-order valence-corrected chi connectivity index (χ2v) is 6.71. The zero-order valence-electron chi connectivity index (χ0n) is 15.1. The van der Waals surface area contributed by atoms with Crippen LogP contribution in [0.1, 0.15) is 17.5 Å². The highest BCUT2D eigenvalue weighted by Crippen LogP contribution is 2.20. The molecule has 1 N–H and O–H groups in total. The molecule has 3 aromatic rings. The van der Waals surface area contributed by atoms with E-state index in [1.807, 2.05) is 36.4 Å². The molecule has 1 aromatic carbocycles. The Morgan fingerprint density at radius 3 is 2.79 bits per heavy atom. The van der Waals surface area contributed by atoms with Crippen LogP contribution in [0.5, 0.6) is 0 Å². The number of aromatic nitrogens is 3. The summed E-state index contributed by atoms with van der Waals surface area (Å²) in [6.07, 6.45) is 4.95. The first-order chi connectivity index (χ1) is 13.7. The molecule has 2 aromatic heterocycles. The van der Waals surface area contributed by atoms with Gasteiger partial charge in [-0.3, -0.25) is 14.6 Å². The second-order valence-electron chi connectivity index (χ2n) is 6.71. The molecule has 8 nitrogen and oxygen atoms in total. The van der Waals surface area contributed by atoms with Gasteiger partial charge >= 0.3 is 0 Å². The summed E-state index contributed by atoms with van der Waals surface area (Å²) >= 11 is 0. The van der Waals surface area contributed by atoms with E-state index in [-0.39, 0.29) is 24.2 Å². The fourth-order valence-corrected chi connectivity index (χ4v) is 3.22. The van der Waals surface area contributed by atoms with Crippen molar-refractivity contribution in [2.45, 2.75) is 19.5 Å². The third-order valence-electron chi connectivity index (χ3n) is 4.72. The van der Waals surface area contributed by atoms with E-state index in [1.54, 1.807) is 17.3 Å². The number of amides is 2. The van der Waals surface area contributed by atoms with Crippen LogP contribution < -0.4 is 5.32 Å². The quantitative estimate of drug-likeness (QED) is 0.703. The van der Waals surface area contributed by atoms with Gasteiger partial charge in [0.15, 0.2) is 0 Å². The Kier molecular flexibility index (Phi) is 5.09. The largest absolute Gasteiger partial charge is 0.352 e. The molecule has 1 saturated heterocycles. The van der Waals surface area contributed by atoms with E-state index in [0.717, 1.165) is 16.7 Å². The summed E-state index contributed by atoms with van der Waals surface area (Å²) < 4.78 is 4.74. The molecule has 4 rings (SSSR count). The van der Waals surface area contributed by atoms with E-state index in [4.69, 9.17) is 4.52 Å². The van der Waals surface area contributed by atoms with Crippen molar-refractivity contribution in [1.82, 2.24) is 25.3 Å². The van der Waals surface area contributed by atoms with Gasteiger partial charge in [-0.15, -0.1) is 0 Å². The van der Waals surface area contributed by atoms with Crippen LogP contribution in [-0.4, -0.2) is 38.4 Å². The van der Waals surface area contributed by atoms with E-state index in [2.05, 4.69) is 20.4 Å². The smallest absolute Gasteiger partial charge is 0.225 e. The summed E-state index contributed by atoms with van der Waals surface area (Å²) in [5.74, 6) is 0.0780. The lowest BCUT2D eigenvalue weighted by Crippen LogP contribution is -2.32. The molecule has 1 unspecified atom stereocenters. The first-order valence-electron chi connectivity index (χ1n) is 8.99. The van der Waals surface area contributed by atoms with Gasteiger partial charge in [-0.1, -0.05) is 35.5 Å². The fraction of sp³-hybridized carbons (Fsp3) is 0.250. The zero-order valence-corrected chi connectivity index (χ0v) is 15.1. The topological polar surface area (TPSA) is 101 Å². The number of carbonyl (C=O) groups is 2. The van der Waals surface area contributed by atoms with E-state index in [1.165, 1.54) is 6.39 Å². The van der Waals surface area contributed by atoms with Gasteiger partial charge in [-0.2, -0.15) is 4.98 Å². The summed E-state index contributed by atoms with van der Waals surface area (Å²) in [6, 6.07) is 11.3. The van der Waals surface area contributed by atoms with Crippen molar-refractivity contribution in [3.8, 4) is 11.4 Å². The van der Waals surface area contributed by atoms with Gasteiger partial charge in [-0.25, -0.2) is 0 Å². The molecule has 142 valence electrons. The molecule has 0 radical (unpaired) electrons. The highest BCUT2D eigenvalue weighted by Gasteiger charge is 2.34. The van der Waals surface area contributed by atoms with E-state index in [0.29, 0.717) is 25.5 Å². The Bertz CT molecular complexity index is 942. The van der Waals surface area contributed by atoms with Crippen LogP contribution in [0.15, 0.2) is 59.7 Å². The maximum absolute atomic E-state index is 12.5. The minimum atomic E-state index is -0.331. The number of pyridine rings is 1. The Labute approximate surface area is 161 Å². The SMILES string of the molecule is O=C(NCc1ccc(-c2ncon2)cc1)C1CC(=O)N(Cc2cccnc2)C1. The first kappa shape index (κ1) is 17.8. The molecule has 3 heterocycles. The number of nitrogens with zero attached hydrogens (tertiary/aromatic N) is 4. The maximum Gasteiger partial charge on any atom is 0.225 e. The summed E-state index contributed by atoms with van der Waals surface area (Å²) in [6.45, 7) is 1.31. The Hall–Kier alpha value is -3.55. The average Bonchev–Trinajstić information content (AvgIpc) is 3.38. The molecular formula is C20H19N5O3. The number of nitrogens with one attached hydrogen (secondary N) is 1. The molecule has 1 fully saturated rings. The van der Waals surface area contributed by atoms with Gasteiger partial charge in [0, 0.05) is 44.0 Å². The van der Waals surface area contributed by atoms with Crippen LogP contribution >= 0.6 is 0 Å². The number of likely N-dealkylation sites (tertiary alicyclic amines) is 1. The standard InChI is InChI=1S/C20H19N5O3/c26-18-8-17(12-25(18)11-15-2-1-7-21-9-15)20(27)22-10-14-3-5-16(6-4-14)19-23-13-28-24-19/h1-7,9,13,17H,8,10-12H2,(H,22,27). The maximum atomic E-state index is 12.5. The van der Waals surface area contributed by atoms with Crippen molar-refractivity contribution in [3.63, 3.8) is 0 Å². The molecule has 0 aliphatic carbocycles. The van der Waals surface area contributed by atoms with Crippen LogP contribution in [0.2, 0.25) is 0 Å². The van der Waals surface area contributed by atoms with Gasteiger partial charge in [0.25, 0.3) is 0 Å². The lowest BCUT2D eigenvalue weighted by atomic mass is 10.1. The van der Waals surface area contributed by atoms with Crippen LogP contribution in [-0.2, 0) is 22.7 Å². The Morgan fingerprint density at radius 1 is 1.21 bits per heavy atom. The van der Waals surface area contributed by atoms with Crippen molar-refractivity contribution in [3.05, 3.63) is 66.3 Å². The highest BCUT2D eigenvalue weighted by molar-refractivity contribution is 5.89. The molecule has 1 aliphatic heterocycles. The minimum Gasteiger partial charge on any atom is -0.352 e. The van der Waals surface area contributed by atoms with Gasteiger partial charge in [-0.05, 0) is 17.2 Å². The lowest BCUT2D eigenvalue weighted by Gasteiger charge is -2.16. The van der Waals surface area contributed by atoms with E-state index in [9.17, 15) is 9.59 Å². The third kappa shape index (κ3) is 4.06. The molecule has 1 aliphatic rings. The van der Waals surface area contributed by atoms with Crippen LogP contribution in [0.4, 0.5) is 0 Å². The highest BCUT2D eigenvalue weighted by atomic mass is 16.5. The molecule has 0 saturated carbocycles. The summed E-state index contributed by atoms with van der Waals surface area (Å²) in [4.78, 5) is 34.5. The van der Waals surface area contributed by atoms with Crippen molar-refractivity contribution in [2.24, 2.45) is 5.92 Å². The molecule has 0 spiro atoms.